The van der Waals surface area contributed by atoms with Gasteiger partial charge in [0.2, 0.25) is 0 Å². The van der Waals surface area contributed by atoms with Gasteiger partial charge in [-0.3, -0.25) is 4.79 Å². The van der Waals surface area contributed by atoms with Gasteiger partial charge in [0, 0.05) is 17.5 Å². The van der Waals surface area contributed by atoms with E-state index >= 15 is 0 Å². The zero-order chi connectivity index (χ0) is 13.7. The highest BCUT2D eigenvalue weighted by molar-refractivity contribution is 7.11. The van der Waals surface area contributed by atoms with Crippen LogP contribution in [0.5, 0.6) is 0 Å². The molecule has 0 aliphatic carbocycles. The molecule has 0 saturated carbocycles. The van der Waals surface area contributed by atoms with Crippen molar-refractivity contribution in [3.63, 3.8) is 0 Å². The largest absolute Gasteiger partial charge is 0.466 e. The Morgan fingerprint density at radius 3 is 2.61 bits per heavy atom. The Kier molecular flexibility index (Phi) is 5.75. The number of aryl methyl sites for hydroxylation is 2. The molecule has 102 valence electrons. The van der Waals surface area contributed by atoms with E-state index in [-0.39, 0.29) is 17.9 Å². The highest BCUT2D eigenvalue weighted by Gasteiger charge is 2.17. The fraction of sp³-hybridized carbons (Fsp3) is 0.692. The Morgan fingerprint density at radius 1 is 1.44 bits per heavy atom. The Morgan fingerprint density at radius 2 is 2.11 bits per heavy atom. The average Bonchev–Trinajstić information content (AvgIpc) is 2.65. The number of carbonyl (C=O) groups is 1. The molecule has 0 aromatic carbocycles. The highest BCUT2D eigenvalue weighted by Crippen LogP contribution is 2.24. The lowest BCUT2D eigenvalue weighted by molar-refractivity contribution is -0.147. The highest BCUT2D eigenvalue weighted by atomic mass is 32.1. The van der Waals surface area contributed by atoms with Crippen LogP contribution in [0.4, 0.5) is 0 Å². The normalized spacial score (nSPS) is 14.3. The number of hydrogen-bond donors (Lipinski definition) is 1. The minimum atomic E-state index is -0.144. The molecular formula is C13H22N2O2S. The summed E-state index contributed by atoms with van der Waals surface area (Å²) >= 11 is 1.70. The van der Waals surface area contributed by atoms with E-state index in [1.807, 2.05) is 27.7 Å². The Hall–Kier alpha value is -0.940. The number of nitrogens with one attached hydrogen (secondary N) is 1. The first kappa shape index (κ1) is 15.1. The standard InChI is InChI=1S/C13H22N2O2S/c1-6-17-13(16)8(2)7-14-9(3)12-10(4)15-11(5)18-12/h8-9,14H,6-7H2,1-5H3. The van der Waals surface area contributed by atoms with Gasteiger partial charge in [0.05, 0.1) is 23.2 Å². The summed E-state index contributed by atoms with van der Waals surface area (Å²) in [5.74, 6) is -0.267. The SMILES string of the molecule is CCOC(=O)C(C)CNC(C)c1sc(C)nc1C. The zero-order valence-corrected chi connectivity index (χ0v) is 12.6. The predicted molar refractivity (Wildman–Crippen MR) is 73.8 cm³/mol. The van der Waals surface area contributed by atoms with Crippen LogP contribution in [0.1, 0.15) is 42.4 Å². The fourth-order valence-electron chi connectivity index (χ4n) is 1.76. The van der Waals surface area contributed by atoms with Crippen molar-refractivity contribution in [2.24, 2.45) is 5.92 Å². The number of esters is 1. The van der Waals surface area contributed by atoms with Gasteiger partial charge in [-0.05, 0) is 27.7 Å². The second-order valence-electron chi connectivity index (χ2n) is 4.47. The molecule has 0 radical (unpaired) electrons. The Labute approximate surface area is 113 Å². The van der Waals surface area contributed by atoms with E-state index < -0.39 is 0 Å². The second kappa shape index (κ2) is 6.85. The van der Waals surface area contributed by atoms with Crippen LogP contribution in [0.15, 0.2) is 0 Å². The van der Waals surface area contributed by atoms with Crippen LogP contribution in [0.2, 0.25) is 0 Å². The van der Waals surface area contributed by atoms with Gasteiger partial charge >= 0.3 is 5.97 Å². The van der Waals surface area contributed by atoms with E-state index in [1.165, 1.54) is 4.88 Å². The molecule has 1 heterocycles. The third-order valence-corrected chi connectivity index (χ3v) is 4.01. The summed E-state index contributed by atoms with van der Waals surface area (Å²) < 4.78 is 4.98. The van der Waals surface area contributed by atoms with Crippen molar-refractivity contribution >= 4 is 17.3 Å². The summed E-state index contributed by atoms with van der Waals surface area (Å²) in [7, 11) is 0. The number of aromatic nitrogens is 1. The van der Waals surface area contributed by atoms with E-state index in [0.717, 1.165) is 10.7 Å². The predicted octanol–water partition coefficient (Wildman–Crippen LogP) is 2.61. The van der Waals surface area contributed by atoms with Crippen LogP contribution in [0, 0.1) is 19.8 Å². The smallest absolute Gasteiger partial charge is 0.309 e. The van der Waals surface area contributed by atoms with E-state index in [9.17, 15) is 4.79 Å². The first-order valence-corrected chi connectivity index (χ1v) is 7.11. The third-order valence-electron chi connectivity index (χ3n) is 2.75. The minimum absolute atomic E-state index is 0.123. The molecule has 1 N–H and O–H groups in total. The van der Waals surface area contributed by atoms with Gasteiger partial charge in [-0.2, -0.15) is 0 Å². The van der Waals surface area contributed by atoms with Crippen LogP contribution >= 0.6 is 11.3 Å². The molecule has 0 spiro atoms. The Balaban J connectivity index is 2.48. The second-order valence-corrected chi connectivity index (χ2v) is 5.70. The van der Waals surface area contributed by atoms with E-state index in [0.29, 0.717) is 13.2 Å². The molecule has 2 unspecified atom stereocenters. The van der Waals surface area contributed by atoms with E-state index in [2.05, 4.69) is 17.2 Å². The number of nitrogens with zero attached hydrogens (tertiary/aromatic N) is 1. The maximum atomic E-state index is 11.5. The van der Waals surface area contributed by atoms with Gasteiger partial charge in [0.25, 0.3) is 0 Å². The van der Waals surface area contributed by atoms with Gasteiger partial charge in [0.1, 0.15) is 0 Å². The Bertz CT molecular complexity index is 404. The third kappa shape index (κ3) is 4.07. The van der Waals surface area contributed by atoms with Crippen LogP contribution in [0.3, 0.4) is 0 Å². The molecule has 0 aliphatic heterocycles. The summed E-state index contributed by atoms with van der Waals surface area (Å²) in [5, 5.41) is 4.44. The molecule has 1 rings (SSSR count). The minimum Gasteiger partial charge on any atom is -0.466 e. The van der Waals surface area contributed by atoms with Crippen LogP contribution in [-0.2, 0) is 9.53 Å². The number of rotatable bonds is 6. The van der Waals surface area contributed by atoms with Crippen molar-refractivity contribution in [2.75, 3.05) is 13.2 Å². The quantitative estimate of drug-likeness (QED) is 0.807. The molecule has 5 heteroatoms. The molecule has 1 aromatic heterocycles. The van der Waals surface area contributed by atoms with Crippen molar-refractivity contribution in [2.45, 2.75) is 40.7 Å². The maximum absolute atomic E-state index is 11.5. The fourth-order valence-corrected chi connectivity index (χ4v) is 2.72. The summed E-state index contributed by atoms with van der Waals surface area (Å²) in [6.45, 7) is 10.9. The molecule has 2 atom stereocenters. The summed E-state index contributed by atoms with van der Waals surface area (Å²) in [6, 6.07) is 0.216. The summed E-state index contributed by atoms with van der Waals surface area (Å²) in [6.07, 6.45) is 0. The van der Waals surface area contributed by atoms with Crippen molar-refractivity contribution in [3.05, 3.63) is 15.6 Å². The van der Waals surface area contributed by atoms with Crippen molar-refractivity contribution in [1.29, 1.82) is 0 Å². The zero-order valence-electron chi connectivity index (χ0n) is 11.7. The molecule has 4 nitrogen and oxygen atoms in total. The van der Waals surface area contributed by atoms with Gasteiger partial charge in [0.15, 0.2) is 0 Å². The molecular weight excluding hydrogens is 248 g/mol. The van der Waals surface area contributed by atoms with Gasteiger partial charge < -0.3 is 10.1 Å². The number of thiazole rings is 1. The summed E-state index contributed by atoms with van der Waals surface area (Å²) in [5.41, 5.74) is 1.07. The number of hydrogen-bond acceptors (Lipinski definition) is 5. The lowest BCUT2D eigenvalue weighted by Crippen LogP contribution is -2.29. The number of carbonyl (C=O) groups excluding carboxylic acids is 1. The van der Waals surface area contributed by atoms with E-state index in [4.69, 9.17) is 4.74 Å². The number of ether oxygens (including phenoxy) is 1. The van der Waals surface area contributed by atoms with Crippen molar-refractivity contribution < 1.29 is 9.53 Å². The van der Waals surface area contributed by atoms with Gasteiger partial charge in [-0.15, -0.1) is 11.3 Å². The lowest BCUT2D eigenvalue weighted by Gasteiger charge is -2.16. The van der Waals surface area contributed by atoms with Crippen LogP contribution in [-0.4, -0.2) is 24.1 Å². The molecule has 0 aliphatic rings. The first-order valence-electron chi connectivity index (χ1n) is 6.29. The van der Waals surface area contributed by atoms with Gasteiger partial charge in [-0.25, -0.2) is 4.98 Å². The monoisotopic (exact) mass is 270 g/mol. The molecule has 0 fully saturated rings. The van der Waals surface area contributed by atoms with Crippen LogP contribution < -0.4 is 5.32 Å². The molecule has 0 amide bonds. The summed E-state index contributed by atoms with van der Waals surface area (Å²) in [4.78, 5) is 17.1. The molecule has 0 saturated heterocycles. The molecule has 0 bridgehead atoms. The lowest BCUT2D eigenvalue weighted by atomic mass is 10.1. The average molecular weight is 270 g/mol. The molecule has 1 aromatic rings. The van der Waals surface area contributed by atoms with Gasteiger partial charge in [-0.1, -0.05) is 6.92 Å². The maximum Gasteiger partial charge on any atom is 0.309 e. The van der Waals surface area contributed by atoms with Crippen molar-refractivity contribution in [3.8, 4) is 0 Å². The van der Waals surface area contributed by atoms with Crippen molar-refractivity contribution in [1.82, 2.24) is 10.3 Å². The van der Waals surface area contributed by atoms with Crippen LogP contribution in [0.25, 0.3) is 0 Å². The topological polar surface area (TPSA) is 51.2 Å². The molecule has 18 heavy (non-hydrogen) atoms. The first-order chi connectivity index (χ1) is 8.45. The van der Waals surface area contributed by atoms with E-state index in [1.54, 1.807) is 11.3 Å².